The lowest BCUT2D eigenvalue weighted by molar-refractivity contribution is -0.175. The number of hydrogen-bond acceptors (Lipinski definition) is 6. The van der Waals surface area contributed by atoms with Crippen LogP contribution in [-0.4, -0.2) is 43.6 Å². The van der Waals surface area contributed by atoms with E-state index in [0.717, 1.165) is 6.42 Å². The van der Waals surface area contributed by atoms with Gasteiger partial charge in [-0.05, 0) is 65.7 Å². The van der Waals surface area contributed by atoms with Crippen LogP contribution in [0.15, 0.2) is 0 Å². The van der Waals surface area contributed by atoms with Crippen LogP contribution < -0.4 is 0 Å². The summed E-state index contributed by atoms with van der Waals surface area (Å²) < 4.78 is 35.8. The van der Waals surface area contributed by atoms with E-state index in [0.29, 0.717) is 12.8 Å². The molecule has 7 heteroatoms. The molecule has 0 aromatic heterocycles. The predicted octanol–water partition coefficient (Wildman–Crippen LogP) is 2.50. The van der Waals surface area contributed by atoms with Crippen LogP contribution in [0, 0.1) is 17.3 Å². The van der Waals surface area contributed by atoms with Crippen LogP contribution in [0.1, 0.15) is 60.3 Å². The molecular formula is C18H30O6S. The number of ether oxygens (including phenoxy) is 2. The minimum absolute atomic E-state index is 0.0282. The van der Waals surface area contributed by atoms with Crippen molar-refractivity contribution in [3.63, 3.8) is 0 Å². The van der Waals surface area contributed by atoms with E-state index in [4.69, 9.17) is 9.47 Å². The molecule has 0 aliphatic heterocycles. The van der Waals surface area contributed by atoms with E-state index in [1.54, 1.807) is 34.6 Å². The summed E-state index contributed by atoms with van der Waals surface area (Å²) in [7, 11) is -3.51. The zero-order valence-electron chi connectivity index (χ0n) is 15.8. The molecule has 0 aromatic carbocycles. The first-order valence-electron chi connectivity index (χ1n) is 9.11. The highest BCUT2D eigenvalue weighted by Crippen LogP contribution is 2.59. The van der Waals surface area contributed by atoms with Crippen LogP contribution in [0.3, 0.4) is 0 Å². The molecule has 0 saturated heterocycles. The topological polar surface area (TPSA) is 86.7 Å². The van der Waals surface area contributed by atoms with Crippen molar-refractivity contribution in [2.75, 3.05) is 13.2 Å². The minimum Gasteiger partial charge on any atom is -0.465 e. The van der Waals surface area contributed by atoms with Crippen molar-refractivity contribution in [3.8, 4) is 0 Å². The molecule has 0 spiro atoms. The molecule has 0 bridgehead atoms. The van der Waals surface area contributed by atoms with E-state index in [1.165, 1.54) is 0 Å². The van der Waals surface area contributed by atoms with Gasteiger partial charge >= 0.3 is 11.9 Å². The van der Waals surface area contributed by atoms with Crippen molar-refractivity contribution in [2.24, 2.45) is 17.3 Å². The SMILES string of the molecule is CCOC(=O)C1(C(=O)OCC)CC(S(=O)(=O)C(C)(C)C)[C@H]2CCC[C@H]21. The molecule has 2 fully saturated rings. The Labute approximate surface area is 150 Å². The number of carbonyl (C=O) groups excluding carboxylic acids is 2. The Kier molecular flexibility index (Phi) is 5.57. The molecule has 1 unspecified atom stereocenters. The average molecular weight is 374 g/mol. The van der Waals surface area contributed by atoms with Gasteiger partial charge in [0.25, 0.3) is 0 Å². The summed E-state index contributed by atoms with van der Waals surface area (Å²) in [6, 6.07) is 0. The first-order valence-corrected chi connectivity index (χ1v) is 10.7. The van der Waals surface area contributed by atoms with Gasteiger partial charge in [-0.15, -0.1) is 0 Å². The van der Waals surface area contributed by atoms with Crippen molar-refractivity contribution >= 4 is 21.8 Å². The second-order valence-corrected chi connectivity index (χ2v) is 10.9. The highest BCUT2D eigenvalue weighted by atomic mass is 32.2. The van der Waals surface area contributed by atoms with Gasteiger partial charge in [0.1, 0.15) is 0 Å². The highest BCUT2D eigenvalue weighted by Gasteiger charge is 2.68. The second-order valence-electron chi connectivity index (χ2n) is 8.01. The Morgan fingerprint density at radius 2 is 1.56 bits per heavy atom. The van der Waals surface area contributed by atoms with Crippen LogP contribution in [-0.2, 0) is 28.9 Å². The summed E-state index contributed by atoms with van der Waals surface area (Å²) in [4.78, 5) is 25.7. The van der Waals surface area contributed by atoms with Crippen molar-refractivity contribution in [1.82, 2.24) is 0 Å². The molecule has 0 amide bonds. The Hall–Kier alpha value is -1.11. The predicted molar refractivity (Wildman–Crippen MR) is 93.6 cm³/mol. The molecule has 0 N–H and O–H groups in total. The number of hydrogen-bond donors (Lipinski definition) is 0. The largest absolute Gasteiger partial charge is 0.465 e. The van der Waals surface area contributed by atoms with Crippen molar-refractivity contribution in [2.45, 2.75) is 70.3 Å². The maximum Gasteiger partial charge on any atom is 0.323 e. The van der Waals surface area contributed by atoms with Crippen LogP contribution in [0.2, 0.25) is 0 Å². The molecule has 0 radical (unpaired) electrons. The van der Waals surface area contributed by atoms with Gasteiger partial charge in [-0.3, -0.25) is 9.59 Å². The monoisotopic (exact) mass is 374 g/mol. The summed E-state index contributed by atoms with van der Waals surface area (Å²) in [5, 5.41) is -0.714. The smallest absolute Gasteiger partial charge is 0.323 e. The Balaban J connectivity index is 2.54. The van der Waals surface area contributed by atoms with Crippen molar-refractivity contribution < 1.29 is 27.5 Å². The van der Waals surface area contributed by atoms with E-state index >= 15 is 0 Å². The quantitative estimate of drug-likeness (QED) is 0.543. The van der Waals surface area contributed by atoms with Crippen LogP contribution in [0.5, 0.6) is 0 Å². The van der Waals surface area contributed by atoms with E-state index in [9.17, 15) is 18.0 Å². The maximum absolute atomic E-state index is 13.1. The normalized spacial score (nSPS) is 28.4. The molecule has 2 rings (SSSR count). The zero-order valence-corrected chi connectivity index (χ0v) is 16.6. The summed E-state index contributed by atoms with van der Waals surface area (Å²) in [5.74, 6) is -1.78. The van der Waals surface area contributed by atoms with Crippen LogP contribution in [0.4, 0.5) is 0 Å². The fourth-order valence-corrected chi connectivity index (χ4v) is 6.71. The molecular weight excluding hydrogens is 344 g/mol. The van der Waals surface area contributed by atoms with Gasteiger partial charge in [-0.25, -0.2) is 8.42 Å². The number of rotatable bonds is 5. The molecule has 0 aromatic rings. The molecule has 2 saturated carbocycles. The lowest BCUT2D eigenvalue weighted by Gasteiger charge is -2.30. The lowest BCUT2D eigenvalue weighted by Crippen LogP contribution is -2.46. The first-order chi connectivity index (χ1) is 11.5. The van der Waals surface area contributed by atoms with Gasteiger partial charge in [0.2, 0.25) is 0 Å². The first kappa shape index (κ1) is 20.2. The minimum atomic E-state index is -3.51. The maximum atomic E-state index is 13.1. The molecule has 0 heterocycles. The van der Waals surface area contributed by atoms with Gasteiger partial charge in [0, 0.05) is 0 Å². The summed E-state index contributed by atoms with van der Waals surface area (Å²) in [6.07, 6.45) is 2.15. The molecule has 25 heavy (non-hydrogen) atoms. The van der Waals surface area contributed by atoms with Gasteiger partial charge in [-0.2, -0.15) is 0 Å². The summed E-state index contributed by atoms with van der Waals surface area (Å²) >= 11 is 0. The van der Waals surface area contributed by atoms with E-state index in [-0.39, 0.29) is 31.5 Å². The lowest BCUT2D eigenvalue weighted by atomic mass is 9.76. The summed E-state index contributed by atoms with van der Waals surface area (Å²) in [5.41, 5.74) is -1.49. The van der Waals surface area contributed by atoms with Gasteiger partial charge < -0.3 is 9.47 Å². The van der Waals surface area contributed by atoms with Gasteiger partial charge in [0.15, 0.2) is 15.3 Å². The Morgan fingerprint density at radius 1 is 1.04 bits per heavy atom. The molecule has 2 aliphatic rings. The van der Waals surface area contributed by atoms with E-state index < -0.39 is 37.2 Å². The van der Waals surface area contributed by atoms with Gasteiger partial charge in [0.05, 0.1) is 23.2 Å². The fraction of sp³-hybridized carbons (Fsp3) is 0.889. The number of esters is 2. The van der Waals surface area contributed by atoms with E-state index in [1.807, 2.05) is 0 Å². The third-order valence-corrected chi connectivity index (χ3v) is 8.76. The van der Waals surface area contributed by atoms with Crippen LogP contribution in [0.25, 0.3) is 0 Å². The molecule has 2 aliphatic carbocycles. The third-order valence-electron chi connectivity index (χ3n) is 5.73. The average Bonchev–Trinajstić information content (AvgIpc) is 3.07. The summed E-state index contributed by atoms with van der Waals surface area (Å²) in [6.45, 7) is 8.66. The second kappa shape index (κ2) is 6.89. The van der Waals surface area contributed by atoms with Gasteiger partial charge in [-0.1, -0.05) is 6.42 Å². The van der Waals surface area contributed by atoms with Crippen LogP contribution >= 0.6 is 0 Å². The third kappa shape index (κ3) is 3.09. The molecule has 3 atom stereocenters. The molecule has 144 valence electrons. The van der Waals surface area contributed by atoms with E-state index in [2.05, 4.69) is 0 Å². The van der Waals surface area contributed by atoms with Crippen molar-refractivity contribution in [1.29, 1.82) is 0 Å². The zero-order chi connectivity index (χ0) is 19.0. The highest BCUT2D eigenvalue weighted by molar-refractivity contribution is 7.93. The Bertz CT molecular complexity index is 612. The fourth-order valence-electron chi connectivity index (χ4n) is 4.53. The molecule has 6 nitrogen and oxygen atoms in total. The number of carbonyl (C=O) groups is 2. The Morgan fingerprint density at radius 3 is 2.00 bits per heavy atom. The number of fused-ring (bicyclic) bond motifs is 1. The number of sulfone groups is 1. The standard InChI is InChI=1S/C18H30O6S/c1-6-23-15(19)18(16(20)24-7-2)11-14(12-9-8-10-13(12)18)25(21,22)17(3,4)5/h12-14H,6-11H2,1-5H3/t12-,13+,14?/m0/s1. The van der Waals surface area contributed by atoms with Crippen molar-refractivity contribution in [3.05, 3.63) is 0 Å².